The van der Waals surface area contributed by atoms with Gasteiger partial charge in [0.1, 0.15) is 4.32 Å². The summed E-state index contributed by atoms with van der Waals surface area (Å²) in [6.45, 7) is 4.23. The van der Waals surface area contributed by atoms with E-state index in [2.05, 4.69) is 23.7 Å². The molecule has 0 spiro atoms. The second-order valence-corrected chi connectivity index (χ2v) is 5.56. The minimum Gasteiger partial charge on any atom is -0.351 e. The summed E-state index contributed by atoms with van der Waals surface area (Å²) in [5.74, 6) is -0.104. The molecule has 1 aromatic rings. The van der Waals surface area contributed by atoms with Crippen LogP contribution < -0.4 is 5.32 Å². The Labute approximate surface area is 104 Å². The highest BCUT2D eigenvalue weighted by atomic mass is 32.2. The summed E-state index contributed by atoms with van der Waals surface area (Å²) in [5.41, 5.74) is 1.02. The number of nitrogens with one attached hydrogen (secondary N) is 1. The third-order valence-corrected chi connectivity index (χ3v) is 3.44. The summed E-state index contributed by atoms with van der Waals surface area (Å²) in [7, 11) is 0. The fourth-order valence-electron chi connectivity index (χ4n) is 1.41. The van der Waals surface area contributed by atoms with Crippen LogP contribution in [0.2, 0.25) is 0 Å². The van der Waals surface area contributed by atoms with E-state index < -0.39 is 0 Å². The highest BCUT2D eigenvalue weighted by Crippen LogP contribution is 2.26. The maximum Gasteiger partial charge on any atom is 0.263 e. The normalized spacial score (nSPS) is 18.6. The van der Waals surface area contributed by atoms with Gasteiger partial charge in [0.25, 0.3) is 5.91 Å². The first-order valence-electron chi connectivity index (χ1n) is 4.98. The number of carbonyl (C=O) groups is 1. The highest BCUT2D eigenvalue weighted by molar-refractivity contribution is 8.26. The van der Waals surface area contributed by atoms with Crippen molar-refractivity contribution in [2.45, 2.75) is 19.9 Å². The lowest BCUT2D eigenvalue weighted by molar-refractivity contribution is -0.115. The predicted molar refractivity (Wildman–Crippen MR) is 71.1 cm³/mol. The molecule has 0 saturated carbocycles. The molecule has 2 heterocycles. The summed E-state index contributed by atoms with van der Waals surface area (Å²) in [5, 5.41) is 2.60. The Bertz CT molecular complexity index is 474. The van der Waals surface area contributed by atoms with Crippen molar-refractivity contribution in [2.24, 2.45) is 0 Å². The topological polar surface area (TPSA) is 34.0 Å². The average Bonchev–Trinajstić information content (AvgIpc) is 2.75. The van der Waals surface area contributed by atoms with Crippen LogP contribution >= 0.6 is 24.0 Å². The minimum absolute atomic E-state index is 0.104. The lowest BCUT2D eigenvalue weighted by Gasteiger charge is -2.04. The van der Waals surface area contributed by atoms with Crippen LogP contribution in [0, 0.1) is 0 Å². The Morgan fingerprint density at radius 3 is 2.81 bits per heavy atom. The zero-order valence-corrected chi connectivity index (χ0v) is 10.7. The third-order valence-electron chi connectivity index (χ3n) is 2.27. The number of amides is 1. The molecule has 0 bridgehead atoms. The molecule has 84 valence electrons. The van der Waals surface area contributed by atoms with E-state index in [9.17, 15) is 4.79 Å². The second-order valence-electron chi connectivity index (χ2n) is 3.84. The Hall–Kier alpha value is -1.07. The zero-order valence-electron chi connectivity index (χ0n) is 9.06. The van der Waals surface area contributed by atoms with E-state index in [0.717, 1.165) is 5.56 Å². The van der Waals surface area contributed by atoms with Gasteiger partial charge < -0.3 is 9.88 Å². The van der Waals surface area contributed by atoms with Crippen molar-refractivity contribution in [1.82, 2.24) is 9.88 Å². The Morgan fingerprint density at radius 1 is 1.56 bits per heavy atom. The highest BCUT2D eigenvalue weighted by Gasteiger charge is 2.21. The Morgan fingerprint density at radius 2 is 2.31 bits per heavy atom. The summed E-state index contributed by atoms with van der Waals surface area (Å²) in [6.07, 6.45) is 5.89. The van der Waals surface area contributed by atoms with Crippen molar-refractivity contribution in [3.05, 3.63) is 28.9 Å². The van der Waals surface area contributed by atoms with Gasteiger partial charge >= 0.3 is 0 Å². The zero-order chi connectivity index (χ0) is 11.7. The van der Waals surface area contributed by atoms with Gasteiger partial charge in [-0.1, -0.05) is 24.0 Å². The van der Waals surface area contributed by atoms with Gasteiger partial charge in [-0.05, 0) is 31.6 Å². The van der Waals surface area contributed by atoms with Crippen LogP contribution in [0.1, 0.15) is 25.5 Å². The number of rotatable bonds is 2. The first-order chi connectivity index (χ1) is 7.56. The van der Waals surface area contributed by atoms with Crippen molar-refractivity contribution >= 4 is 40.3 Å². The standard InChI is InChI=1S/C11H12N2OS2/c1-7(2)13-4-3-8(6-13)5-9-10(14)12-11(15)16-9/h3-7H,1-2H3,(H,12,14,15)/b9-5-. The van der Waals surface area contributed by atoms with E-state index in [0.29, 0.717) is 15.3 Å². The van der Waals surface area contributed by atoms with Crippen LogP contribution in [0.3, 0.4) is 0 Å². The van der Waals surface area contributed by atoms with Gasteiger partial charge in [-0.2, -0.15) is 0 Å². The van der Waals surface area contributed by atoms with Crippen molar-refractivity contribution in [3.8, 4) is 0 Å². The summed E-state index contributed by atoms with van der Waals surface area (Å²) < 4.78 is 2.63. The first kappa shape index (κ1) is 11.4. The van der Waals surface area contributed by atoms with E-state index >= 15 is 0 Å². The summed E-state index contributed by atoms with van der Waals surface area (Å²) in [6, 6.07) is 2.42. The molecule has 5 heteroatoms. The van der Waals surface area contributed by atoms with Gasteiger partial charge in [-0.3, -0.25) is 4.79 Å². The number of hydrogen-bond acceptors (Lipinski definition) is 3. The van der Waals surface area contributed by atoms with E-state index in [-0.39, 0.29) is 5.91 Å². The van der Waals surface area contributed by atoms with Gasteiger partial charge in [0.15, 0.2) is 0 Å². The molecule has 0 aliphatic carbocycles. The van der Waals surface area contributed by atoms with Crippen LogP contribution in [-0.2, 0) is 4.79 Å². The second kappa shape index (κ2) is 4.43. The fraction of sp³-hybridized carbons (Fsp3) is 0.273. The van der Waals surface area contributed by atoms with Crippen LogP contribution in [0.5, 0.6) is 0 Å². The third kappa shape index (κ3) is 2.36. The average molecular weight is 252 g/mol. The number of thioether (sulfide) groups is 1. The molecule has 2 rings (SSSR count). The van der Waals surface area contributed by atoms with Crippen molar-refractivity contribution in [1.29, 1.82) is 0 Å². The number of nitrogens with zero attached hydrogens (tertiary/aromatic N) is 1. The molecule has 0 unspecified atom stereocenters. The van der Waals surface area contributed by atoms with Gasteiger partial charge in [0.2, 0.25) is 0 Å². The molecule has 1 aliphatic heterocycles. The maximum absolute atomic E-state index is 11.4. The molecule has 1 N–H and O–H groups in total. The van der Waals surface area contributed by atoms with Crippen molar-refractivity contribution < 1.29 is 4.79 Å². The lowest BCUT2D eigenvalue weighted by atomic mass is 10.3. The van der Waals surface area contributed by atoms with Crippen LogP contribution in [0.4, 0.5) is 0 Å². The molecule has 1 saturated heterocycles. The van der Waals surface area contributed by atoms with E-state index in [1.807, 2.05) is 24.5 Å². The number of hydrogen-bond donors (Lipinski definition) is 1. The Kier molecular flexibility index (Phi) is 3.16. The van der Waals surface area contributed by atoms with Crippen molar-refractivity contribution in [2.75, 3.05) is 0 Å². The molecule has 0 radical (unpaired) electrons. The smallest absolute Gasteiger partial charge is 0.263 e. The van der Waals surface area contributed by atoms with E-state index in [1.54, 1.807) is 0 Å². The van der Waals surface area contributed by atoms with Crippen LogP contribution in [0.15, 0.2) is 23.4 Å². The van der Waals surface area contributed by atoms with Gasteiger partial charge in [-0.25, -0.2) is 0 Å². The molecule has 1 aliphatic rings. The van der Waals surface area contributed by atoms with Gasteiger partial charge in [0, 0.05) is 18.4 Å². The predicted octanol–water partition coefficient (Wildman–Crippen LogP) is 2.56. The molecular weight excluding hydrogens is 240 g/mol. The Balaban J connectivity index is 2.22. The summed E-state index contributed by atoms with van der Waals surface area (Å²) >= 11 is 6.23. The molecule has 3 nitrogen and oxygen atoms in total. The largest absolute Gasteiger partial charge is 0.351 e. The minimum atomic E-state index is -0.104. The molecule has 1 amide bonds. The maximum atomic E-state index is 11.4. The molecule has 0 aromatic carbocycles. The fourth-order valence-corrected chi connectivity index (χ4v) is 2.45. The number of carbonyl (C=O) groups excluding carboxylic acids is 1. The van der Waals surface area contributed by atoms with Crippen LogP contribution in [0.25, 0.3) is 6.08 Å². The molecule has 1 aromatic heterocycles. The van der Waals surface area contributed by atoms with Gasteiger partial charge in [-0.15, -0.1) is 0 Å². The van der Waals surface area contributed by atoms with Crippen molar-refractivity contribution in [3.63, 3.8) is 0 Å². The first-order valence-corrected chi connectivity index (χ1v) is 6.21. The number of thiocarbonyl (C=S) groups is 1. The van der Waals surface area contributed by atoms with Crippen LogP contribution in [-0.4, -0.2) is 14.8 Å². The SMILES string of the molecule is CC(C)n1ccc(/C=C2\SC(=S)NC2=O)c1. The van der Waals surface area contributed by atoms with E-state index in [1.165, 1.54) is 11.8 Å². The monoisotopic (exact) mass is 252 g/mol. The number of aromatic nitrogens is 1. The molecule has 1 fully saturated rings. The summed E-state index contributed by atoms with van der Waals surface area (Å²) in [4.78, 5) is 12.1. The lowest BCUT2D eigenvalue weighted by Crippen LogP contribution is -2.17. The molecular formula is C11H12N2OS2. The van der Waals surface area contributed by atoms with Gasteiger partial charge in [0.05, 0.1) is 4.91 Å². The molecule has 16 heavy (non-hydrogen) atoms. The van der Waals surface area contributed by atoms with E-state index in [4.69, 9.17) is 12.2 Å². The quantitative estimate of drug-likeness (QED) is 0.649. The molecule has 0 atom stereocenters.